The first-order chi connectivity index (χ1) is 37.6. The quantitative estimate of drug-likeness (QED) is 0.0239. The van der Waals surface area contributed by atoms with Gasteiger partial charge in [-0.2, -0.15) is 15.8 Å². The van der Waals surface area contributed by atoms with Crippen molar-refractivity contribution in [2.75, 3.05) is 25.8 Å². The summed E-state index contributed by atoms with van der Waals surface area (Å²) in [7, 11) is -2.26. The van der Waals surface area contributed by atoms with Crippen LogP contribution in [0.4, 0.5) is 0 Å². The summed E-state index contributed by atoms with van der Waals surface area (Å²) >= 11 is 0. The number of nitriles is 3. The van der Waals surface area contributed by atoms with Crippen molar-refractivity contribution in [2.24, 2.45) is 0 Å². The standard InChI is InChI=1S/C65H72N7O4P/c66-46-55-33-39-58(40-34-55)77(59-41-35-56(47-67)36-42-59,60-43-37-57(48-68)38-44-60)45-16-5-3-1-2-4-15-29-64(76)72-65(49-69-61(73)30-17-26-52-20-9-6-10-21-52,50-70-62(74)31-18-27-53-22-11-7-12-23-53)51-71-63(75)32-19-28-54-24-13-8-14-25-54/h6-14,20-25,33-44H,1-5,15-19,26-32,45,49-51H2,(H3-,69,70,71,72,73,74,75,76)/p+1. The summed E-state index contributed by atoms with van der Waals surface area (Å²) in [6.07, 6.45) is 12.5. The second kappa shape index (κ2) is 31.9. The smallest absolute Gasteiger partial charge is 0.220 e. The Morgan fingerprint density at radius 1 is 0.364 bits per heavy atom. The van der Waals surface area contributed by atoms with E-state index < -0.39 is 12.8 Å². The molecule has 0 fully saturated rings. The van der Waals surface area contributed by atoms with E-state index in [9.17, 15) is 35.0 Å². The van der Waals surface area contributed by atoms with E-state index in [1.54, 1.807) is 0 Å². The second-order valence-corrected chi connectivity index (χ2v) is 23.5. The Labute approximate surface area is 456 Å². The monoisotopic (exact) mass is 1050 g/mol. The molecule has 0 aliphatic rings. The van der Waals surface area contributed by atoms with Crippen LogP contribution in [-0.2, 0) is 38.4 Å². The molecule has 6 rings (SSSR count). The van der Waals surface area contributed by atoms with Crippen LogP contribution < -0.4 is 37.2 Å². The number of rotatable bonds is 32. The lowest BCUT2D eigenvalue weighted by molar-refractivity contribution is -0.126. The molecule has 0 spiro atoms. The van der Waals surface area contributed by atoms with E-state index in [4.69, 9.17) is 0 Å². The lowest BCUT2D eigenvalue weighted by Gasteiger charge is -2.35. The SMILES string of the molecule is N#Cc1ccc([P+](CCCCCCCCCC(=O)NC(CNC(=O)CCCc2ccccc2)(CNC(=O)CCCc2ccccc2)CNC(=O)CCCc2ccccc2)(c2ccc(C#N)cc2)c2ccc(C#N)cc2)cc1. The molecule has 4 amide bonds. The van der Waals surface area contributed by atoms with E-state index in [0.717, 1.165) is 96.6 Å². The fourth-order valence-electron chi connectivity index (χ4n) is 9.76. The van der Waals surface area contributed by atoms with Gasteiger partial charge in [0.15, 0.2) is 0 Å². The van der Waals surface area contributed by atoms with Crippen molar-refractivity contribution in [3.63, 3.8) is 0 Å². The number of benzene rings is 6. The van der Waals surface area contributed by atoms with Gasteiger partial charge < -0.3 is 21.3 Å². The minimum Gasteiger partial charge on any atom is -0.354 e. The van der Waals surface area contributed by atoms with Crippen molar-refractivity contribution in [3.05, 3.63) is 197 Å². The number of nitrogens with zero attached hydrogens (tertiary/aromatic N) is 3. The molecule has 0 bridgehead atoms. The van der Waals surface area contributed by atoms with Crippen LogP contribution in [0.5, 0.6) is 0 Å². The number of aryl methyl sites for hydroxylation is 3. The van der Waals surface area contributed by atoms with E-state index in [-0.39, 0.29) is 68.9 Å². The molecule has 0 radical (unpaired) electrons. The van der Waals surface area contributed by atoms with Gasteiger partial charge in [-0.25, -0.2) is 0 Å². The maximum Gasteiger partial charge on any atom is 0.220 e. The third kappa shape index (κ3) is 19.3. The van der Waals surface area contributed by atoms with Gasteiger partial charge in [-0.15, -0.1) is 0 Å². The molecule has 0 aliphatic carbocycles. The predicted octanol–water partition coefficient (Wildman–Crippen LogP) is 9.99. The summed E-state index contributed by atoms with van der Waals surface area (Å²) in [5.74, 6) is -0.733. The van der Waals surface area contributed by atoms with Crippen LogP contribution in [0, 0.1) is 34.0 Å². The van der Waals surface area contributed by atoms with E-state index >= 15 is 0 Å². The first-order valence-electron chi connectivity index (χ1n) is 27.3. The molecule has 0 saturated carbocycles. The van der Waals surface area contributed by atoms with E-state index in [2.05, 4.69) is 75.9 Å². The van der Waals surface area contributed by atoms with E-state index in [1.807, 2.05) is 127 Å². The number of carbonyl (C=O) groups is 4. The average Bonchev–Trinajstić information content (AvgIpc) is 3.48. The topological polar surface area (TPSA) is 188 Å². The Kier molecular flexibility index (Phi) is 24.1. The summed E-state index contributed by atoms with van der Waals surface area (Å²) < 4.78 is 0. The summed E-state index contributed by atoms with van der Waals surface area (Å²) in [4.78, 5) is 54.3. The minimum absolute atomic E-state index is 0.0165. The predicted molar refractivity (Wildman–Crippen MR) is 309 cm³/mol. The van der Waals surface area contributed by atoms with Crippen LogP contribution in [-0.4, -0.2) is 55.0 Å². The molecule has 11 nitrogen and oxygen atoms in total. The number of amides is 4. The van der Waals surface area contributed by atoms with E-state index in [0.29, 0.717) is 42.4 Å². The molecule has 0 aliphatic heterocycles. The molecule has 77 heavy (non-hydrogen) atoms. The summed E-state index contributed by atoms with van der Waals surface area (Å²) in [6.45, 7) is 0.0494. The van der Waals surface area contributed by atoms with Crippen molar-refractivity contribution < 1.29 is 19.2 Å². The number of carbonyl (C=O) groups excluding carboxylic acids is 4. The second-order valence-electron chi connectivity index (χ2n) is 19.9. The summed E-state index contributed by atoms with van der Waals surface area (Å²) in [6, 6.07) is 60.3. The molecule has 12 heteroatoms. The van der Waals surface area contributed by atoms with Gasteiger partial charge in [0.05, 0.1) is 46.6 Å². The highest BCUT2D eigenvalue weighted by Gasteiger charge is 2.45. The fraction of sp³-hybridized carbons (Fsp3) is 0.338. The largest absolute Gasteiger partial charge is 0.354 e. The number of unbranched alkanes of at least 4 members (excludes halogenated alkanes) is 6. The fourth-order valence-corrected chi connectivity index (χ4v) is 14.1. The van der Waals surface area contributed by atoms with Crippen LogP contribution >= 0.6 is 7.26 Å². The molecule has 4 N–H and O–H groups in total. The molecule has 6 aromatic carbocycles. The Balaban J connectivity index is 1.07. The molecule has 6 aromatic rings. The normalized spacial score (nSPS) is 11.1. The third-order valence-corrected chi connectivity index (χ3v) is 18.6. The molecule has 0 aromatic heterocycles. The van der Waals surface area contributed by atoms with Gasteiger partial charge in [0.25, 0.3) is 0 Å². The lowest BCUT2D eigenvalue weighted by Crippen LogP contribution is -2.66. The number of nitrogens with one attached hydrogen (secondary N) is 4. The van der Waals surface area contributed by atoms with Crippen LogP contribution in [0.3, 0.4) is 0 Å². The molecule has 0 unspecified atom stereocenters. The van der Waals surface area contributed by atoms with Crippen molar-refractivity contribution in [2.45, 2.75) is 115 Å². The summed E-state index contributed by atoms with van der Waals surface area (Å²) in [5, 5.41) is 44.7. The van der Waals surface area contributed by atoms with Gasteiger partial charge in [0.2, 0.25) is 23.6 Å². The molecular weight excluding hydrogens is 974 g/mol. The van der Waals surface area contributed by atoms with Gasteiger partial charge >= 0.3 is 0 Å². The zero-order chi connectivity index (χ0) is 54.4. The molecular formula is C65H73N7O4P+. The van der Waals surface area contributed by atoms with Gasteiger partial charge in [0.1, 0.15) is 23.2 Å². The number of hydrogen-bond donors (Lipinski definition) is 4. The highest BCUT2D eigenvalue weighted by atomic mass is 31.2. The third-order valence-electron chi connectivity index (χ3n) is 14.1. The molecule has 0 saturated heterocycles. The van der Waals surface area contributed by atoms with Gasteiger partial charge in [0, 0.05) is 45.3 Å². The molecule has 0 atom stereocenters. The van der Waals surface area contributed by atoms with Crippen molar-refractivity contribution >= 4 is 46.8 Å². The van der Waals surface area contributed by atoms with E-state index in [1.165, 1.54) is 0 Å². The zero-order valence-corrected chi connectivity index (χ0v) is 45.3. The van der Waals surface area contributed by atoms with Crippen molar-refractivity contribution in [1.29, 1.82) is 15.8 Å². The Morgan fingerprint density at radius 2 is 0.662 bits per heavy atom. The highest BCUT2D eigenvalue weighted by molar-refractivity contribution is 7.95. The van der Waals surface area contributed by atoms with Crippen LogP contribution in [0.1, 0.15) is 123 Å². The van der Waals surface area contributed by atoms with Crippen LogP contribution in [0.25, 0.3) is 0 Å². The first kappa shape index (κ1) is 58.4. The highest BCUT2D eigenvalue weighted by Crippen LogP contribution is 2.56. The van der Waals surface area contributed by atoms with Crippen LogP contribution in [0.15, 0.2) is 164 Å². The first-order valence-corrected chi connectivity index (χ1v) is 29.2. The Bertz CT molecular complexity index is 2610. The Morgan fingerprint density at radius 3 is 0.987 bits per heavy atom. The van der Waals surface area contributed by atoms with Gasteiger partial charge in [-0.1, -0.05) is 117 Å². The van der Waals surface area contributed by atoms with Crippen molar-refractivity contribution in [1.82, 2.24) is 21.3 Å². The van der Waals surface area contributed by atoms with Crippen LogP contribution in [0.2, 0.25) is 0 Å². The van der Waals surface area contributed by atoms with Gasteiger partial charge in [-0.05, 0) is 147 Å². The summed E-state index contributed by atoms with van der Waals surface area (Å²) in [5.41, 5.74) is 4.00. The lowest BCUT2D eigenvalue weighted by atomic mass is 9.97. The van der Waals surface area contributed by atoms with Crippen molar-refractivity contribution in [3.8, 4) is 18.2 Å². The molecule has 0 heterocycles. The zero-order valence-electron chi connectivity index (χ0n) is 44.4. The maximum absolute atomic E-state index is 14.0. The maximum atomic E-state index is 14.0. The van der Waals surface area contributed by atoms with Gasteiger partial charge in [-0.3, -0.25) is 19.2 Å². The minimum atomic E-state index is -2.26. The Hall–Kier alpha value is -7.90. The molecule has 396 valence electrons. The number of hydrogen-bond acceptors (Lipinski definition) is 7. The average molecular weight is 1050 g/mol.